The molecule has 0 radical (unpaired) electrons. The maximum Gasteiger partial charge on any atom is 0.270 e. The zero-order valence-electron chi connectivity index (χ0n) is 15.2. The van der Waals surface area contributed by atoms with Crippen LogP contribution >= 0.6 is 0 Å². The first-order chi connectivity index (χ1) is 13.7. The van der Waals surface area contributed by atoms with Gasteiger partial charge in [0.15, 0.2) is 6.79 Å². The molecule has 0 atom stereocenters. The maximum absolute atomic E-state index is 11.2. The van der Waals surface area contributed by atoms with E-state index in [0.717, 1.165) is 36.0 Å². The van der Waals surface area contributed by atoms with Crippen molar-refractivity contribution in [2.24, 2.45) is 0 Å². The summed E-state index contributed by atoms with van der Waals surface area (Å²) in [6.45, 7) is 0.595. The van der Waals surface area contributed by atoms with E-state index in [2.05, 4.69) is 0 Å². The predicted octanol–water partition coefficient (Wildman–Crippen LogP) is 4.67. The summed E-state index contributed by atoms with van der Waals surface area (Å²) in [4.78, 5) is 10.8. The van der Waals surface area contributed by atoms with Crippen LogP contribution in [0.15, 0.2) is 34.7 Å². The normalized spacial score (nSPS) is 15.6. The molecule has 0 bridgehead atoms. The molecule has 1 aliphatic carbocycles. The molecule has 1 aromatic heterocycles. The highest BCUT2D eigenvalue weighted by molar-refractivity contribution is 5.84. The van der Waals surface area contributed by atoms with Crippen LogP contribution in [0.1, 0.15) is 35.3 Å². The van der Waals surface area contributed by atoms with Gasteiger partial charge in [-0.05, 0) is 37.5 Å². The Labute approximate surface area is 161 Å². The third kappa shape index (κ3) is 2.97. The number of non-ortho nitro benzene ring substituents is 1. The monoisotopic (exact) mass is 381 g/mol. The third-order valence-corrected chi connectivity index (χ3v) is 5.30. The lowest BCUT2D eigenvalue weighted by molar-refractivity contribution is -0.385. The summed E-state index contributed by atoms with van der Waals surface area (Å²) >= 11 is 0. The molecule has 0 unspecified atom stereocenters. The number of nitrogens with zero attached hydrogens (tertiary/aromatic N) is 1. The summed E-state index contributed by atoms with van der Waals surface area (Å²) in [5, 5.41) is 12.3. The summed E-state index contributed by atoms with van der Waals surface area (Å²) in [6, 6.07) is 8.78. The Kier molecular flexibility index (Phi) is 4.16. The Morgan fingerprint density at radius 3 is 2.93 bits per heavy atom. The van der Waals surface area contributed by atoms with Crippen LogP contribution in [-0.2, 0) is 30.8 Å². The number of hydrogen-bond donors (Lipinski definition) is 0. The number of rotatable bonds is 4. The van der Waals surface area contributed by atoms with Crippen molar-refractivity contribution in [2.75, 3.05) is 6.79 Å². The van der Waals surface area contributed by atoms with E-state index in [1.54, 1.807) is 0 Å². The number of fused-ring (bicyclic) bond motifs is 4. The molecule has 3 aromatic rings. The highest BCUT2D eigenvalue weighted by Gasteiger charge is 2.22. The summed E-state index contributed by atoms with van der Waals surface area (Å²) in [5.41, 5.74) is 3.47. The standard InChI is InChI=1S/C21H19NO6/c23-22(24)15-7-13-10-25-12-27-21(13)14(8-15)11-26-16-5-6-20-18(9-16)17-3-1-2-4-19(17)28-20/h5-9H,1-4,10-12H2. The fourth-order valence-corrected chi connectivity index (χ4v) is 3.99. The van der Waals surface area contributed by atoms with E-state index in [0.29, 0.717) is 22.6 Å². The van der Waals surface area contributed by atoms with Crippen molar-refractivity contribution in [3.05, 3.63) is 62.9 Å². The Balaban J connectivity index is 1.44. The number of ether oxygens (including phenoxy) is 3. The van der Waals surface area contributed by atoms with Crippen LogP contribution < -0.4 is 9.47 Å². The fraction of sp³-hybridized carbons (Fsp3) is 0.333. The lowest BCUT2D eigenvalue weighted by Gasteiger charge is -2.20. The number of benzene rings is 2. The van der Waals surface area contributed by atoms with E-state index in [1.165, 1.54) is 24.1 Å². The molecule has 144 valence electrons. The molecule has 7 nitrogen and oxygen atoms in total. The minimum Gasteiger partial charge on any atom is -0.489 e. The molecule has 1 aliphatic heterocycles. The van der Waals surface area contributed by atoms with E-state index in [1.807, 2.05) is 18.2 Å². The molecule has 2 aliphatic rings. The average Bonchev–Trinajstić information content (AvgIpc) is 3.09. The Bertz CT molecular complexity index is 1070. The number of aryl methyl sites for hydroxylation is 2. The molecule has 0 saturated heterocycles. The van der Waals surface area contributed by atoms with Gasteiger partial charge in [0.25, 0.3) is 5.69 Å². The number of furan rings is 1. The van der Waals surface area contributed by atoms with Crippen molar-refractivity contribution < 1.29 is 23.6 Å². The van der Waals surface area contributed by atoms with Gasteiger partial charge in [0, 0.05) is 40.6 Å². The molecule has 5 rings (SSSR count). The molecular weight excluding hydrogens is 362 g/mol. The van der Waals surface area contributed by atoms with Crippen LogP contribution in [0.5, 0.6) is 11.5 Å². The lowest BCUT2D eigenvalue weighted by Crippen LogP contribution is -2.14. The van der Waals surface area contributed by atoms with Crippen molar-refractivity contribution in [3.63, 3.8) is 0 Å². The highest BCUT2D eigenvalue weighted by atomic mass is 16.7. The number of nitro benzene ring substituents is 1. The summed E-state index contributed by atoms with van der Waals surface area (Å²) in [5.74, 6) is 2.40. The van der Waals surface area contributed by atoms with E-state index < -0.39 is 4.92 Å². The van der Waals surface area contributed by atoms with Crippen LogP contribution in [0.25, 0.3) is 11.0 Å². The number of hydrogen-bond acceptors (Lipinski definition) is 6. The Morgan fingerprint density at radius 2 is 2.04 bits per heavy atom. The molecule has 28 heavy (non-hydrogen) atoms. The lowest BCUT2D eigenvalue weighted by atomic mass is 9.96. The first kappa shape index (κ1) is 17.1. The molecular formula is C21H19NO6. The maximum atomic E-state index is 11.2. The van der Waals surface area contributed by atoms with Crippen molar-refractivity contribution in [1.29, 1.82) is 0 Å². The average molecular weight is 381 g/mol. The highest BCUT2D eigenvalue weighted by Crippen LogP contribution is 2.36. The third-order valence-electron chi connectivity index (χ3n) is 5.30. The van der Waals surface area contributed by atoms with Gasteiger partial charge < -0.3 is 18.6 Å². The van der Waals surface area contributed by atoms with Crippen LogP contribution in [0, 0.1) is 10.1 Å². The van der Waals surface area contributed by atoms with Crippen LogP contribution in [0.4, 0.5) is 5.69 Å². The predicted molar refractivity (Wildman–Crippen MR) is 101 cm³/mol. The second-order valence-electron chi connectivity index (χ2n) is 7.12. The Morgan fingerprint density at radius 1 is 1.14 bits per heavy atom. The molecule has 0 N–H and O–H groups in total. The summed E-state index contributed by atoms with van der Waals surface area (Å²) < 4.78 is 22.8. The van der Waals surface area contributed by atoms with Crippen molar-refractivity contribution in [3.8, 4) is 11.5 Å². The second-order valence-corrected chi connectivity index (χ2v) is 7.12. The minimum atomic E-state index is -0.414. The van der Waals surface area contributed by atoms with Crippen molar-refractivity contribution >= 4 is 16.7 Å². The zero-order valence-corrected chi connectivity index (χ0v) is 15.2. The SMILES string of the molecule is O=[N+]([O-])c1cc2c(c(COc3ccc4oc5c(c4c3)CCCC5)c1)OCOC2. The van der Waals surface area contributed by atoms with E-state index in [9.17, 15) is 10.1 Å². The summed E-state index contributed by atoms with van der Waals surface area (Å²) in [7, 11) is 0. The van der Waals surface area contributed by atoms with Gasteiger partial charge in [0.1, 0.15) is 29.4 Å². The first-order valence-electron chi connectivity index (χ1n) is 9.37. The molecule has 2 aromatic carbocycles. The smallest absolute Gasteiger partial charge is 0.270 e. The van der Waals surface area contributed by atoms with Gasteiger partial charge in [-0.1, -0.05) is 0 Å². The van der Waals surface area contributed by atoms with Crippen molar-refractivity contribution in [2.45, 2.75) is 38.9 Å². The molecule has 7 heteroatoms. The molecule has 0 saturated carbocycles. The van der Waals surface area contributed by atoms with Gasteiger partial charge in [-0.25, -0.2) is 0 Å². The Hall–Kier alpha value is -3.06. The molecule has 2 heterocycles. The van der Waals surface area contributed by atoms with E-state index in [4.69, 9.17) is 18.6 Å². The fourth-order valence-electron chi connectivity index (χ4n) is 3.99. The van der Waals surface area contributed by atoms with Gasteiger partial charge in [-0.15, -0.1) is 0 Å². The topological polar surface area (TPSA) is 84.0 Å². The quantitative estimate of drug-likeness (QED) is 0.482. The molecule has 0 spiro atoms. The van der Waals surface area contributed by atoms with Crippen LogP contribution in [-0.4, -0.2) is 11.7 Å². The van der Waals surface area contributed by atoms with Gasteiger partial charge in [-0.2, -0.15) is 0 Å². The first-order valence-corrected chi connectivity index (χ1v) is 9.37. The van der Waals surface area contributed by atoms with Gasteiger partial charge in [-0.3, -0.25) is 10.1 Å². The van der Waals surface area contributed by atoms with Crippen LogP contribution in [0.3, 0.4) is 0 Å². The van der Waals surface area contributed by atoms with Gasteiger partial charge >= 0.3 is 0 Å². The van der Waals surface area contributed by atoms with Gasteiger partial charge in [0.2, 0.25) is 0 Å². The number of nitro groups is 1. The molecule has 0 fully saturated rings. The van der Waals surface area contributed by atoms with Crippen LogP contribution in [0.2, 0.25) is 0 Å². The summed E-state index contributed by atoms with van der Waals surface area (Å²) in [6.07, 6.45) is 4.35. The van der Waals surface area contributed by atoms with E-state index in [-0.39, 0.29) is 25.7 Å². The van der Waals surface area contributed by atoms with Crippen molar-refractivity contribution in [1.82, 2.24) is 0 Å². The molecule has 0 amide bonds. The second kappa shape index (κ2) is 6.83. The minimum absolute atomic E-state index is 0.00538. The van der Waals surface area contributed by atoms with E-state index >= 15 is 0 Å². The van der Waals surface area contributed by atoms with Gasteiger partial charge in [0.05, 0.1) is 11.5 Å². The zero-order chi connectivity index (χ0) is 19.1. The largest absolute Gasteiger partial charge is 0.489 e.